The minimum atomic E-state index is -0.419. The van der Waals surface area contributed by atoms with Gasteiger partial charge in [0.1, 0.15) is 5.82 Å². The van der Waals surface area contributed by atoms with Gasteiger partial charge in [-0.2, -0.15) is 5.10 Å². The van der Waals surface area contributed by atoms with Crippen LogP contribution in [0.4, 0.5) is 4.39 Å². The minimum absolute atomic E-state index is 0.143. The normalized spacial score (nSPS) is 12.7. The quantitative estimate of drug-likeness (QED) is 0.668. The van der Waals surface area contributed by atoms with Crippen molar-refractivity contribution in [3.8, 4) is 0 Å². The molecule has 1 aromatic heterocycles. The molecule has 102 valence electrons. The number of nitrogens with one attached hydrogen (secondary N) is 1. The lowest BCUT2D eigenvalue weighted by Gasteiger charge is -2.16. The molecule has 0 aliphatic heterocycles. The van der Waals surface area contributed by atoms with Crippen LogP contribution in [-0.2, 0) is 13.5 Å². The van der Waals surface area contributed by atoms with E-state index in [1.165, 1.54) is 6.07 Å². The molecule has 1 aromatic carbocycles. The second-order valence-corrected chi connectivity index (χ2v) is 4.82. The molecule has 19 heavy (non-hydrogen) atoms. The number of hydrogen-bond acceptors (Lipinski definition) is 3. The Hall–Kier alpha value is -1.43. The zero-order valence-electron chi connectivity index (χ0n) is 10.8. The maximum absolute atomic E-state index is 13.4. The summed E-state index contributed by atoms with van der Waals surface area (Å²) in [5, 5.41) is 4.32. The predicted molar refractivity (Wildman–Crippen MR) is 73.1 cm³/mol. The summed E-state index contributed by atoms with van der Waals surface area (Å²) in [7, 11) is 1.86. The van der Waals surface area contributed by atoms with Gasteiger partial charge in [-0.1, -0.05) is 23.7 Å². The summed E-state index contributed by atoms with van der Waals surface area (Å²) in [6.45, 7) is 1.96. The monoisotopic (exact) mass is 282 g/mol. The van der Waals surface area contributed by atoms with Crippen LogP contribution in [0.15, 0.2) is 24.4 Å². The van der Waals surface area contributed by atoms with E-state index < -0.39 is 5.82 Å². The van der Waals surface area contributed by atoms with Gasteiger partial charge in [-0.3, -0.25) is 16.0 Å². The average Bonchev–Trinajstić information content (AvgIpc) is 2.72. The first-order valence-electron chi connectivity index (χ1n) is 5.92. The smallest absolute Gasteiger partial charge is 0.142 e. The zero-order valence-corrected chi connectivity index (χ0v) is 11.6. The summed E-state index contributed by atoms with van der Waals surface area (Å²) >= 11 is 5.96. The highest BCUT2D eigenvalue weighted by Crippen LogP contribution is 2.26. The van der Waals surface area contributed by atoms with E-state index in [0.717, 1.165) is 11.3 Å². The van der Waals surface area contributed by atoms with Gasteiger partial charge in [-0.05, 0) is 25.0 Å². The van der Waals surface area contributed by atoms with Crippen molar-refractivity contribution in [3.63, 3.8) is 0 Å². The Bertz CT molecular complexity index is 582. The molecular formula is C13H16ClFN4. The first kappa shape index (κ1) is 14.0. The second-order valence-electron chi connectivity index (χ2n) is 4.45. The van der Waals surface area contributed by atoms with Crippen LogP contribution in [0.1, 0.15) is 22.9 Å². The van der Waals surface area contributed by atoms with Crippen LogP contribution in [0.25, 0.3) is 0 Å². The molecule has 0 bridgehead atoms. The molecule has 1 unspecified atom stereocenters. The first-order valence-corrected chi connectivity index (χ1v) is 6.30. The third-order valence-electron chi connectivity index (χ3n) is 3.31. The summed E-state index contributed by atoms with van der Waals surface area (Å²) in [4.78, 5) is 0. The first-order chi connectivity index (χ1) is 9.04. The molecule has 0 aliphatic rings. The molecule has 1 heterocycles. The summed E-state index contributed by atoms with van der Waals surface area (Å²) in [5.41, 5.74) is 5.44. The fourth-order valence-corrected chi connectivity index (χ4v) is 2.25. The number of nitrogens with two attached hydrogens (primary N) is 1. The van der Waals surface area contributed by atoms with Crippen molar-refractivity contribution in [1.82, 2.24) is 15.2 Å². The maximum Gasteiger partial charge on any atom is 0.142 e. The van der Waals surface area contributed by atoms with Crippen molar-refractivity contribution in [2.24, 2.45) is 12.9 Å². The fraction of sp³-hybridized carbons (Fsp3) is 0.308. The molecule has 2 aromatic rings. The number of hydrogen-bond donors (Lipinski definition) is 2. The SMILES string of the molecule is Cc1c(C(Cc2cccc(F)c2Cl)NN)cnn1C. The molecule has 0 spiro atoms. The topological polar surface area (TPSA) is 55.9 Å². The Kier molecular flexibility index (Phi) is 4.19. The number of aryl methyl sites for hydroxylation is 1. The lowest BCUT2D eigenvalue weighted by atomic mass is 10.00. The molecule has 0 saturated carbocycles. The van der Waals surface area contributed by atoms with Crippen molar-refractivity contribution < 1.29 is 4.39 Å². The van der Waals surface area contributed by atoms with Crippen molar-refractivity contribution >= 4 is 11.6 Å². The van der Waals surface area contributed by atoms with Crippen molar-refractivity contribution in [1.29, 1.82) is 0 Å². The fourth-order valence-electron chi connectivity index (χ4n) is 2.04. The zero-order chi connectivity index (χ0) is 14.0. The lowest BCUT2D eigenvalue weighted by Crippen LogP contribution is -2.30. The molecule has 6 heteroatoms. The van der Waals surface area contributed by atoms with E-state index in [9.17, 15) is 4.39 Å². The standard InChI is InChI=1S/C13H16ClFN4/c1-8-10(7-17-19(8)2)12(18-16)6-9-4-3-5-11(15)13(9)14/h3-5,7,12,18H,6,16H2,1-2H3. The van der Waals surface area contributed by atoms with Crippen molar-refractivity contribution in [3.05, 3.63) is 52.1 Å². The van der Waals surface area contributed by atoms with Gasteiger partial charge < -0.3 is 0 Å². The third kappa shape index (κ3) is 2.78. The summed E-state index contributed by atoms with van der Waals surface area (Å²) in [6, 6.07) is 4.61. The van der Waals surface area contributed by atoms with Gasteiger partial charge in [-0.25, -0.2) is 4.39 Å². The van der Waals surface area contributed by atoms with Gasteiger partial charge in [0.05, 0.1) is 17.3 Å². The Morgan fingerprint density at radius 3 is 2.84 bits per heavy atom. The van der Waals surface area contributed by atoms with E-state index in [0.29, 0.717) is 12.0 Å². The van der Waals surface area contributed by atoms with Crippen molar-refractivity contribution in [2.75, 3.05) is 0 Å². The Balaban J connectivity index is 2.29. The molecule has 0 amide bonds. The van der Waals surface area contributed by atoms with Crippen LogP contribution in [0.3, 0.4) is 0 Å². The van der Waals surface area contributed by atoms with Gasteiger partial charge in [0.15, 0.2) is 0 Å². The number of nitrogens with zero attached hydrogens (tertiary/aromatic N) is 2. The van der Waals surface area contributed by atoms with E-state index in [2.05, 4.69) is 10.5 Å². The molecular weight excluding hydrogens is 267 g/mol. The Morgan fingerprint density at radius 2 is 2.26 bits per heavy atom. The number of rotatable bonds is 4. The third-order valence-corrected chi connectivity index (χ3v) is 3.73. The number of halogens is 2. The number of aromatic nitrogens is 2. The Morgan fingerprint density at radius 1 is 1.53 bits per heavy atom. The van der Waals surface area contributed by atoms with Gasteiger partial charge >= 0.3 is 0 Å². The number of hydrazine groups is 1. The highest BCUT2D eigenvalue weighted by Gasteiger charge is 2.18. The van der Waals surface area contributed by atoms with Gasteiger partial charge in [0.25, 0.3) is 0 Å². The summed E-state index contributed by atoms with van der Waals surface area (Å²) in [5.74, 6) is 5.18. The van der Waals surface area contributed by atoms with Crippen molar-refractivity contribution in [2.45, 2.75) is 19.4 Å². The molecule has 1 atom stereocenters. The molecule has 3 N–H and O–H groups in total. The van der Waals surface area contributed by atoms with Crippen LogP contribution >= 0.6 is 11.6 Å². The summed E-state index contributed by atoms with van der Waals surface area (Å²) < 4.78 is 15.2. The van der Waals surface area contributed by atoms with E-state index >= 15 is 0 Å². The highest BCUT2D eigenvalue weighted by atomic mass is 35.5. The lowest BCUT2D eigenvalue weighted by molar-refractivity contribution is 0.545. The average molecular weight is 283 g/mol. The molecule has 0 aliphatic carbocycles. The van der Waals surface area contributed by atoms with E-state index in [1.807, 2.05) is 14.0 Å². The molecule has 2 rings (SSSR count). The van der Waals surface area contributed by atoms with Crippen LogP contribution in [-0.4, -0.2) is 9.78 Å². The van der Waals surface area contributed by atoms with Crippen LogP contribution in [0.5, 0.6) is 0 Å². The second kappa shape index (κ2) is 5.69. The Labute approximate surface area is 116 Å². The molecule has 0 saturated heterocycles. The van der Waals surface area contributed by atoms with Gasteiger partial charge in [0.2, 0.25) is 0 Å². The largest absolute Gasteiger partial charge is 0.273 e. The minimum Gasteiger partial charge on any atom is -0.273 e. The summed E-state index contributed by atoms with van der Waals surface area (Å²) in [6.07, 6.45) is 2.26. The molecule has 0 radical (unpaired) electrons. The maximum atomic E-state index is 13.4. The van der Waals surface area contributed by atoms with Crippen LogP contribution < -0.4 is 11.3 Å². The van der Waals surface area contributed by atoms with Crippen LogP contribution in [0, 0.1) is 12.7 Å². The predicted octanol–water partition coefficient (Wildman–Crippen LogP) is 2.27. The van der Waals surface area contributed by atoms with E-state index in [-0.39, 0.29) is 11.1 Å². The van der Waals surface area contributed by atoms with Gasteiger partial charge in [-0.15, -0.1) is 0 Å². The molecule has 4 nitrogen and oxygen atoms in total. The van der Waals surface area contributed by atoms with Gasteiger partial charge in [0, 0.05) is 18.3 Å². The van der Waals surface area contributed by atoms with Crippen LogP contribution in [0.2, 0.25) is 5.02 Å². The number of benzene rings is 1. The van der Waals surface area contributed by atoms with E-state index in [4.69, 9.17) is 17.4 Å². The highest BCUT2D eigenvalue weighted by molar-refractivity contribution is 6.31. The van der Waals surface area contributed by atoms with E-state index in [1.54, 1.807) is 23.0 Å². The molecule has 0 fully saturated rings.